The highest BCUT2D eigenvalue weighted by atomic mass is 32.1. The minimum absolute atomic E-state index is 0.209. The minimum Gasteiger partial charge on any atom is -0.395 e. The highest BCUT2D eigenvalue weighted by Crippen LogP contribution is 2.21. The van der Waals surface area contributed by atoms with Crippen molar-refractivity contribution in [1.82, 2.24) is 14.8 Å². The molecule has 1 aromatic heterocycles. The van der Waals surface area contributed by atoms with Crippen molar-refractivity contribution in [2.75, 3.05) is 39.0 Å². The van der Waals surface area contributed by atoms with Gasteiger partial charge in [-0.15, -0.1) is 11.3 Å². The van der Waals surface area contributed by atoms with Crippen molar-refractivity contribution in [3.63, 3.8) is 0 Å². The van der Waals surface area contributed by atoms with Crippen molar-refractivity contribution in [1.29, 1.82) is 0 Å². The maximum Gasteiger partial charge on any atom is 0.180 e. The largest absolute Gasteiger partial charge is 0.395 e. The lowest BCUT2D eigenvalue weighted by Crippen LogP contribution is -2.44. The zero-order chi connectivity index (χ0) is 13.0. The number of nitrogens with zero attached hydrogens (tertiary/aromatic N) is 3. The third-order valence-electron chi connectivity index (χ3n) is 3.52. The molecule has 0 radical (unpaired) electrons. The third kappa shape index (κ3) is 3.65. The number of aromatic nitrogens is 1. The lowest BCUT2D eigenvalue weighted by molar-refractivity contribution is 0.0949. The van der Waals surface area contributed by atoms with Gasteiger partial charge in [-0.2, -0.15) is 0 Å². The molecule has 3 N–H and O–H groups in total. The third-order valence-corrected chi connectivity index (χ3v) is 4.33. The van der Waals surface area contributed by atoms with Gasteiger partial charge in [0.05, 0.1) is 6.61 Å². The summed E-state index contributed by atoms with van der Waals surface area (Å²) in [5.41, 5.74) is 5.66. The van der Waals surface area contributed by atoms with Gasteiger partial charge in [-0.1, -0.05) is 0 Å². The number of hydrogen-bond acceptors (Lipinski definition) is 6. The zero-order valence-corrected chi connectivity index (χ0v) is 11.7. The highest BCUT2D eigenvalue weighted by molar-refractivity contribution is 7.15. The van der Waals surface area contributed by atoms with Crippen LogP contribution in [-0.2, 0) is 6.54 Å². The Morgan fingerprint density at radius 2 is 2.28 bits per heavy atom. The van der Waals surface area contributed by atoms with Crippen LogP contribution in [0.5, 0.6) is 0 Å². The summed E-state index contributed by atoms with van der Waals surface area (Å²) < 4.78 is 0. The van der Waals surface area contributed by atoms with Crippen LogP contribution < -0.4 is 5.73 Å². The first kappa shape index (κ1) is 13.7. The first-order valence-electron chi connectivity index (χ1n) is 6.42. The predicted molar refractivity (Wildman–Crippen MR) is 74.5 cm³/mol. The molecule has 6 heteroatoms. The van der Waals surface area contributed by atoms with E-state index in [4.69, 9.17) is 5.73 Å². The van der Waals surface area contributed by atoms with Crippen molar-refractivity contribution in [2.24, 2.45) is 0 Å². The molecular formula is C12H22N4OS. The first-order chi connectivity index (χ1) is 8.69. The number of aliphatic hydroxyl groups excluding tert-OH is 1. The van der Waals surface area contributed by atoms with Crippen LogP contribution in [0.4, 0.5) is 5.13 Å². The standard InChI is InChI=1S/C12H22N4OS/c1-15-4-2-10(3-5-15)16(6-7-17)9-11-8-14-12(13)18-11/h8,10,17H,2-7,9H2,1H3,(H2,13,14). The SMILES string of the molecule is CN1CCC(N(CCO)Cc2cnc(N)s2)CC1. The maximum atomic E-state index is 9.21. The lowest BCUT2D eigenvalue weighted by atomic mass is 10.0. The monoisotopic (exact) mass is 270 g/mol. The van der Waals surface area contributed by atoms with E-state index in [1.165, 1.54) is 29.1 Å². The van der Waals surface area contributed by atoms with Crippen LogP contribution in [0.1, 0.15) is 17.7 Å². The molecule has 0 aromatic carbocycles. The van der Waals surface area contributed by atoms with Gasteiger partial charge in [-0.3, -0.25) is 4.90 Å². The van der Waals surface area contributed by atoms with Crippen LogP contribution >= 0.6 is 11.3 Å². The fraction of sp³-hybridized carbons (Fsp3) is 0.750. The van der Waals surface area contributed by atoms with Gasteiger partial charge >= 0.3 is 0 Å². The maximum absolute atomic E-state index is 9.21. The van der Waals surface area contributed by atoms with E-state index >= 15 is 0 Å². The van der Waals surface area contributed by atoms with E-state index in [1.54, 1.807) is 0 Å². The van der Waals surface area contributed by atoms with E-state index in [9.17, 15) is 5.11 Å². The van der Waals surface area contributed by atoms with E-state index in [2.05, 4.69) is 21.8 Å². The number of thiazole rings is 1. The Bertz CT molecular complexity index is 363. The molecule has 0 saturated carbocycles. The Balaban J connectivity index is 1.94. The number of rotatable bonds is 5. The summed E-state index contributed by atoms with van der Waals surface area (Å²) in [4.78, 5) is 9.99. The van der Waals surface area contributed by atoms with Crippen LogP contribution in [0, 0.1) is 0 Å². The van der Waals surface area contributed by atoms with Crippen LogP contribution in [0.3, 0.4) is 0 Å². The summed E-state index contributed by atoms with van der Waals surface area (Å²) >= 11 is 1.54. The summed E-state index contributed by atoms with van der Waals surface area (Å²) in [5.74, 6) is 0. The van der Waals surface area contributed by atoms with E-state index in [0.717, 1.165) is 26.2 Å². The Kier molecular flexibility index (Phi) is 4.94. The van der Waals surface area contributed by atoms with Gasteiger partial charge in [-0.25, -0.2) is 4.98 Å². The first-order valence-corrected chi connectivity index (χ1v) is 7.24. The molecule has 1 fully saturated rings. The smallest absolute Gasteiger partial charge is 0.180 e. The van der Waals surface area contributed by atoms with Crippen molar-refractivity contribution in [2.45, 2.75) is 25.4 Å². The second-order valence-electron chi connectivity index (χ2n) is 4.89. The van der Waals surface area contributed by atoms with Crippen LogP contribution in [0.25, 0.3) is 0 Å². The molecule has 2 rings (SSSR count). The van der Waals surface area contributed by atoms with Gasteiger partial charge in [0.25, 0.3) is 0 Å². The summed E-state index contributed by atoms with van der Waals surface area (Å²) in [7, 11) is 2.16. The molecule has 0 unspecified atom stereocenters. The Hall–Kier alpha value is -0.690. The number of piperidine rings is 1. The molecule has 0 amide bonds. The number of anilines is 1. The fourth-order valence-corrected chi connectivity index (χ4v) is 3.19. The Morgan fingerprint density at radius 3 is 2.83 bits per heavy atom. The van der Waals surface area contributed by atoms with Gasteiger partial charge < -0.3 is 15.7 Å². The van der Waals surface area contributed by atoms with Crippen molar-refractivity contribution in [3.8, 4) is 0 Å². The van der Waals surface area contributed by atoms with Gasteiger partial charge in [0.2, 0.25) is 0 Å². The Morgan fingerprint density at radius 1 is 1.56 bits per heavy atom. The molecule has 1 aliphatic heterocycles. The normalized spacial score (nSPS) is 18.6. The molecule has 1 aliphatic rings. The number of aliphatic hydroxyl groups is 1. The number of hydrogen-bond donors (Lipinski definition) is 2. The second kappa shape index (κ2) is 6.47. The zero-order valence-electron chi connectivity index (χ0n) is 10.9. The molecule has 1 aromatic rings. The van der Waals surface area contributed by atoms with Crippen LogP contribution in [0.15, 0.2) is 6.20 Å². The fourth-order valence-electron chi connectivity index (χ4n) is 2.48. The predicted octanol–water partition coefficient (Wildman–Crippen LogP) is 0.614. The molecular weight excluding hydrogens is 248 g/mol. The molecule has 0 spiro atoms. The van der Waals surface area contributed by atoms with Gasteiger partial charge in [0, 0.05) is 30.2 Å². The molecule has 2 heterocycles. The topological polar surface area (TPSA) is 65.6 Å². The van der Waals surface area contributed by atoms with Gasteiger partial charge in [-0.05, 0) is 33.0 Å². The summed E-state index contributed by atoms with van der Waals surface area (Å²) in [6, 6.07) is 0.566. The average Bonchev–Trinajstić information content (AvgIpc) is 2.75. The molecule has 0 aliphatic carbocycles. The minimum atomic E-state index is 0.209. The van der Waals surface area contributed by atoms with E-state index in [1.807, 2.05) is 6.20 Å². The molecule has 0 bridgehead atoms. The van der Waals surface area contributed by atoms with Crippen LogP contribution in [-0.4, -0.2) is 59.2 Å². The van der Waals surface area contributed by atoms with Crippen molar-refractivity contribution < 1.29 is 5.11 Å². The molecule has 18 heavy (non-hydrogen) atoms. The summed E-state index contributed by atoms with van der Waals surface area (Å²) in [5, 5.41) is 9.84. The number of nitrogen functional groups attached to an aromatic ring is 1. The lowest BCUT2D eigenvalue weighted by Gasteiger charge is -2.36. The Labute approximate surface area is 112 Å². The summed E-state index contributed by atoms with van der Waals surface area (Å²) in [6.07, 6.45) is 4.19. The van der Waals surface area contributed by atoms with E-state index in [-0.39, 0.29) is 6.61 Å². The molecule has 1 saturated heterocycles. The number of likely N-dealkylation sites (tertiary alicyclic amines) is 1. The van der Waals surface area contributed by atoms with Gasteiger partial charge in [0.1, 0.15) is 0 Å². The molecule has 0 atom stereocenters. The van der Waals surface area contributed by atoms with Gasteiger partial charge in [0.15, 0.2) is 5.13 Å². The summed E-state index contributed by atoms with van der Waals surface area (Å²) in [6.45, 7) is 4.06. The quantitative estimate of drug-likeness (QED) is 0.821. The second-order valence-corrected chi connectivity index (χ2v) is 6.04. The van der Waals surface area contributed by atoms with E-state index < -0.39 is 0 Å². The molecule has 5 nitrogen and oxygen atoms in total. The average molecular weight is 270 g/mol. The van der Waals surface area contributed by atoms with E-state index in [0.29, 0.717) is 11.2 Å². The highest BCUT2D eigenvalue weighted by Gasteiger charge is 2.23. The van der Waals surface area contributed by atoms with Crippen LogP contribution in [0.2, 0.25) is 0 Å². The van der Waals surface area contributed by atoms with Crippen molar-refractivity contribution in [3.05, 3.63) is 11.1 Å². The molecule has 102 valence electrons. The van der Waals surface area contributed by atoms with Crippen molar-refractivity contribution >= 4 is 16.5 Å². The number of nitrogens with two attached hydrogens (primary N) is 1.